The lowest BCUT2D eigenvalue weighted by molar-refractivity contribution is -0.150. The predicted molar refractivity (Wildman–Crippen MR) is 147 cm³/mol. The molecule has 4 aromatic heterocycles. The number of nitrogens with one attached hydrogen (secondary N) is 3. The largest absolute Gasteiger partial charge is 0.455 e. The fourth-order valence-corrected chi connectivity index (χ4v) is 3.90. The highest BCUT2D eigenvalue weighted by atomic mass is 35.5. The molecule has 4 rings (SSSR count). The monoisotopic (exact) mass is 623 g/mol. The highest BCUT2D eigenvalue weighted by molar-refractivity contribution is 6.29. The van der Waals surface area contributed by atoms with Gasteiger partial charge in [-0.15, -0.1) is 0 Å². The quantitative estimate of drug-likeness (QED) is 0.228. The molecule has 0 aliphatic rings. The lowest BCUT2D eigenvalue weighted by Gasteiger charge is -2.17. The van der Waals surface area contributed by atoms with Gasteiger partial charge in [0.2, 0.25) is 0 Å². The minimum atomic E-state index is -4.90. The van der Waals surface area contributed by atoms with E-state index in [0.717, 1.165) is 23.3 Å². The number of carbonyl (C=O) groups excluding carboxylic acids is 3. The average Bonchev–Trinajstić information content (AvgIpc) is 3.56. The Kier molecular flexibility index (Phi) is 9.15. The molecule has 0 radical (unpaired) electrons. The van der Waals surface area contributed by atoms with E-state index in [4.69, 9.17) is 21.1 Å². The predicted octanol–water partition coefficient (Wildman–Crippen LogP) is 4.47. The van der Waals surface area contributed by atoms with Crippen LogP contribution in [0.2, 0.25) is 5.15 Å². The number of rotatable bonds is 9. The third-order valence-electron chi connectivity index (χ3n) is 5.81. The van der Waals surface area contributed by atoms with Crippen molar-refractivity contribution in [3.8, 4) is 5.82 Å². The summed E-state index contributed by atoms with van der Waals surface area (Å²) in [6.07, 6.45) is -0.936. The molecule has 4 aromatic rings. The summed E-state index contributed by atoms with van der Waals surface area (Å²) in [7, 11) is 1.44. The van der Waals surface area contributed by atoms with Crippen LogP contribution in [-0.4, -0.2) is 61.0 Å². The lowest BCUT2D eigenvalue weighted by Crippen LogP contribution is -2.23. The van der Waals surface area contributed by atoms with E-state index in [0.29, 0.717) is 17.4 Å². The maximum atomic E-state index is 14.0. The molecule has 0 saturated carbocycles. The molecule has 4 heterocycles. The van der Waals surface area contributed by atoms with Crippen molar-refractivity contribution in [3.63, 3.8) is 0 Å². The van der Waals surface area contributed by atoms with Crippen molar-refractivity contribution in [2.24, 2.45) is 5.92 Å². The molecule has 228 valence electrons. The van der Waals surface area contributed by atoms with Crippen molar-refractivity contribution in [3.05, 3.63) is 53.3 Å². The number of urea groups is 1. The molecule has 0 unspecified atom stereocenters. The fraction of sp³-hybridized carbons (Fsp3) is 0.320. The second-order valence-electron chi connectivity index (χ2n) is 9.33. The number of hydrogen-bond acceptors (Lipinski definition) is 9. The summed E-state index contributed by atoms with van der Waals surface area (Å²) >= 11 is 5.98. The van der Waals surface area contributed by atoms with Gasteiger partial charge in [-0.2, -0.15) is 23.4 Å². The number of fused-ring (bicyclic) bond motifs is 1. The Morgan fingerprint density at radius 1 is 1.02 bits per heavy atom. The van der Waals surface area contributed by atoms with Gasteiger partial charge in [0.05, 0.1) is 59.6 Å². The smallest absolute Gasteiger partial charge is 0.420 e. The van der Waals surface area contributed by atoms with Crippen molar-refractivity contribution in [1.82, 2.24) is 29.4 Å². The maximum absolute atomic E-state index is 14.0. The van der Waals surface area contributed by atoms with Crippen molar-refractivity contribution in [1.29, 1.82) is 0 Å². The number of anilines is 3. The molecule has 0 aliphatic heterocycles. The van der Waals surface area contributed by atoms with E-state index in [1.54, 1.807) is 20.8 Å². The minimum absolute atomic E-state index is 0.0345. The first-order valence-electron chi connectivity index (χ1n) is 12.5. The number of aromatic nitrogens is 6. The molecule has 1 atom stereocenters. The van der Waals surface area contributed by atoms with Crippen LogP contribution in [0.4, 0.5) is 35.0 Å². The van der Waals surface area contributed by atoms with E-state index >= 15 is 0 Å². The second-order valence-corrected chi connectivity index (χ2v) is 9.72. The molecule has 3 amide bonds. The third-order valence-corrected chi connectivity index (χ3v) is 5.99. The van der Waals surface area contributed by atoms with Gasteiger partial charge in [0.1, 0.15) is 5.56 Å². The number of amides is 3. The fourth-order valence-electron chi connectivity index (χ4n) is 3.73. The summed E-state index contributed by atoms with van der Waals surface area (Å²) in [5, 5.41) is 15.3. The highest BCUT2D eigenvalue weighted by Crippen LogP contribution is 2.35. The van der Waals surface area contributed by atoms with Crippen LogP contribution in [-0.2, 0) is 25.2 Å². The second kappa shape index (κ2) is 12.6. The first kappa shape index (κ1) is 31.2. The van der Waals surface area contributed by atoms with E-state index in [1.807, 2.05) is 0 Å². The number of esters is 1. The molecule has 0 bridgehead atoms. The van der Waals surface area contributed by atoms with Crippen LogP contribution in [0.1, 0.15) is 38.1 Å². The number of carbonyl (C=O) groups is 3. The number of hydrogen-bond donors (Lipinski definition) is 3. The van der Waals surface area contributed by atoms with Gasteiger partial charge in [0.15, 0.2) is 23.2 Å². The first-order valence-corrected chi connectivity index (χ1v) is 12.9. The van der Waals surface area contributed by atoms with E-state index < -0.39 is 54.1 Å². The summed E-state index contributed by atoms with van der Waals surface area (Å²) in [5.74, 6) is -2.36. The van der Waals surface area contributed by atoms with Gasteiger partial charge < -0.3 is 25.4 Å². The zero-order valence-electron chi connectivity index (χ0n) is 23.1. The van der Waals surface area contributed by atoms with E-state index in [2.05, 4.69) is 36.1 Å². The molecule has 43 heavy (non-hydrogen) atoms. The Morgan fingerprint density at radius 3 is 2.44 bits per heavy atom. The molecule has 0 spiro atoms. The Bertz CT molecular complexity index is 1670. The van der Waals surface area contributed by atoms with Gasteiger partial charge in [-0.3, -0.25) is 9.59 Å². The first-order chi connectivity index (χ1) is 20.3. The van der Waals surface area contributed by atoms with Gasteiger partial charge in [0, 0.05) is 13.2 Å². The molecule has 0 aromatic carbocycles. The van der Waals surface area contributed by atoms with Gasteiger partial charge in [0.25, 0.3) is 5.91 Å². The van der Waals surface area contributed by atoms with Crippen molar-refractivity contribution < 1.29 is 37.0 Å². The standard InChI is InChI=1S/C25H25ClF3N9O5/c1-12(2)23(40)43-11-20(39)33-15-8-32-37(10-15)22-16(25(27,28)29)5-14(7-31-22)34-24(41)35-17-9-30-19-6-18(26)36-38(19)21(17)13(3)42-4/h5-10,12-13H,11H2,1-4H3,(H,33,39)(H2,34,35,41)/t13-/m0/s1. The van der Waals surface area contributed by atoms with Crippen LogP contribution in [0.25, 0.3) is 11.5 Å². The molecular weight excluding hydrogens is 599 g/mol. The van der Waals surface area contributed by atoms with Crippen LogP contribution >= 0.6 is 11.6 Å². The van der Waals surface area contributed by atoms with Gasteiger partial charge in [-0.1, -0.05) is 25.4 Å². The zero-order valence-corrected chi connectivity index (χ0v) is 23.8. The zero-order chi connectivity index (χ0) is 31.5. The summed E-state index contributed by atoms with van der Waals surface area (Å²) in [4.78, 5) is 44.4. The number of ether oxygens (including phenoxy) is 2. The Labute approximate surface area is 246 Å². The number of nitrogens with zero attached hydrogens (tertiary/aromatic N) is 6. The summed E-state index contributed by atoms with van der Waals surface area (Å²) in [6.45, 7) is 4.30. The molecule has 0 saturated heterocycles. The van der Waals surface area contributed by atoms with Crippen molar-refractivity contribution in [2.75, 3.05) is 29.7 Å². The number of methoxy groups -OCH3 is 1. The van der Waals surface area contributed by atoms with Crippen LogP contribution in [0.5, 0.6) is 0 Å². The normalized spacial score (nSPS) is 12.3. The number of halogens is 4. The van der Waals surface area contributed by atoms with Crippen LogP contribution in [0.3, 0.4) is 0 Å². The summed E-state index contributed by atoms with van der Waals surface area (Å²) < 4.78 is 54.4. The lowest BCUT2D eigenvalue weighted by atomic mass is 10.2. The minimum Gasteiger partial charge on any atom is -0.455 e. The van der Waals surface area contributed by atoms with Crippen LogP contribution in [0, 0.1) is 5.92 Å². The van der Waals surface area contributed by atoms with E-state index in [1.165, 1.54) is 23.9 Å². The molecule has 0 fully saturated rings. The Morgan fingerprint density at radius 2 is 1.77 bits per heavy atom. The number of pyridine rings is 1. The summed E-state index contributed by atoms with van der Waals surface area (Å²) in [5.41, 5.74) is -0.519. The van der Waals surface area contributed by atoms with Crippen LogP contribution < -0.4 is 16.0 Å². The third kappa shape index (κ3) is 7.36. The van der Waals surface area contributed by atoms with Gasteiger partial charge in [-0.25, -0.2) is 24.0 Å². The van der Waals surface area contributed by atoms with Crippen molar-refractivity contribution >= 4 is 52.2 Å². The van der Waals surface area contributed by atoms with Gasteiger partial charge in [-0.05, 0) is 13.0 Å². The Balaban J connectivity index is 1.52. The molecule has 3 N–H and O–H groups in total. The van der Waals surface area contributed by atoms with Gasteiger partial charge >= 0.3 is 18.2 Å². The van der Waals surface area contributed by atoms with Crippen molar-refractivity contribution in [2.45, 2.75) is 33.1 Å². The van der Waals surface area contributed by atoms with E-state index in [9.17, 15) is 27.6 Å². The van der Waals surface area contributed by atoms with Crippen LogP contribution in [0.15, 0.2) is 36.9 Å². The molecule has 0 aliphatic carbocycles. The molecule has 18 heteroatoms. The Hall–Kier alpha value is -4.77. The maximum Gasteiger partial charge on any atom is 0.420 e. The highest BCUT2D eigenvalue weighted by Gasteiger charge is 2.36. The topological polar surface area (TPSA) is 167 Å². The number of alkyl halides is 3. The molecular formula is C25H25ClF3N9O5. The molecule has 14 nitrogen and oxygen atoms in total. The summed E-state index contributed by atoms with van der Waals surface area (Å²) in [6, 6.07) is 1.29. The van der Waals surface area contributed by atoms with E-state index in [-0.39, 0.29) is 22.2 Å². The SMILES string of the molecule is CO[C@@H](C)c1c(NC(=O)Nc2cnc(-n3cc(NC(=O)COC(=O)C(C)C)cn3)c(C(F)(F)F)c2)cnc2cc(Cl)nn12. The average molecular weight is 624 g/mol.